The molecule has 3 fully saturated rings. The Kier molecular flexibility index (Phi) is 7.63. The summed E-state index contributed by atoms with van der Waals surface area (Å²) in [7, 11) is 3.61. The summed E-state index contributed by atoms with van der Waals surface area (Å²) in [6.45, 7) is 10.1. The number of anilines is 1. The Morgan fingerprint density at radius 1 is 1.03 bits per heavy atom. The van der Waals surface area contributed by atoms with Gasteiger partial charge in [0, 0.05) is 43.0 Å². The molecule has 3 aliphatic rings. The molecule has 0 amide bonds. The van der Waals surface area contributed by atoms with Crippen LogP contribution in [0.3, 0.4) is 0 Å². The summed E-state index contributed by atoms with van der Waals surface area (Å²) in [6.07, 6.45) is 8.73. The van der Waals surface area contributed by atoms with Crippen LogP contribution in [0.2, 0.25) is 0 Å². The second-order valence-corrected chi connectivity index (χ2v) is 11.0. The maximum Gasteiger partial charge on any atom is 0.223 e. The predicted molar refractivity (Wildman–Crippen MR) is 142 cm³/mol. The molecule has 0 radical (unpaired) electrons. The van der Waals surface area contributed by atoms with Crippen LogP contribution in [0.25, 0.3) is 10.9 Å². The van der Waals surface area contributed by atoms with E-state index in [0.29, 0.717) is 24.5 Å². The number of aromatic nitrogens is 2. The second-order valence-electron chi connectivity index (χ2n) is 11.0. The number of piperidine rings is 1. The number of likely N-dealkylation sites (tertiary alicyclic amines) is 2. The third-order valence-electron chi connectivity index (χ3n) is 8.28. The first-order valence-electron chi connectivity index (χ1n) is 13.7. The van der Waals surface area contributed by atoms with Gasteiger partial charge in [-0.2, -0.15) is 0 Å². The number of nitrogens with one attached hydrogen (secondary N) is 1. The first kappa shape index (κ1) is 24.6. The first-order valence-corrected chi connectivity index (χ1v) is 13.7. The van der Waals surface area contributed by atoms with Gasteiger partial charge in [-0.1, -0.05) is 0 Å². The second kappa shape index (κ2) is 10.9. The van der Waals surface area contributed by atoms with Gasteiger partial charge in [0.25, 0.3) is 0 Å². The number of rotatable bonds is 10. The summed E-state index contributed by atoms with van der Waals surface area (Å²) in [4.78, 5) is 14.9. The molecule has 192 valence electrons. The van der Waals surface area contributed by atoms with Crippen molar-refractivity contribution in [3.05, 3.63) is 17.8 Å². The topological polar surface area (TPSA) is 62.8 Å². The van der Waals surface area contributed by atoms with E-state index in [1.165, 1.54) is 38.8 Å². The highest BCUT2D eigenvalue weighted by Crippen LogP contribution is 2.38. The van der Waals surface area contributed by atoms with Gasteiger partial charge in [-0.25, -0.2) is 9.97 Å². The van der Waals surface area contributed by atoms with E-state index in [1.54, 1.807) is 7.11 Å². The summed E-state index contributed by atoms with van der Waals surface area (Å²) in [6, 6.07) is 5.64. The molecule has 2 aliphatic heterocycles. The summed E-state index contributed by atoms with van der Waals surface area (Å²) < 4.78 is 12.0. The molecule has 5 rings (SSSR count). The minimum atomic E-state index is 0.431. The molecule has 0 unspecified atom stereocenters. The van der Waals surface area contributed by atoms with Crippen molar-refractivity contribution in [1.29, 1.82) is 0 Å². The van der Waals surface area contributed by atoms with Crippen LogP contribution in [0.5, 0.6) is 11.5 Å². The Hall–Kier alpha value is -2.12. The lowest BCUT2D eigenvalue weighted by atomic mass is 9.90. The van der Waals surface area contributed by atoms with Crippen molar-refractivity contribution in [2.24, 2.45) is 5.92 Å². The number of nitrogens with zero attached hydrogens (tertiary/aromatic N) is 4. The van der Waals surface area contributed by atoms with E-state index >= 15 is 0 Å². The molecule has 2 saturated heterocycles. The van der Waals surface area contributed by atoms with Gasteiger partial charge in [0.1, 0.15) is 0 Å². The molecule has 35 heavy (non-hydrogen) atoms. The molecular formula is C28H43N5O2. The molecule has 0 bridgehead atoms. The summed E-state index contributed by atoms with van der Waals surface area (Å²) in [5.41, 5.74) is 2.06. The Bertz CT molecular complexity index is 1000. The summed E-state index contributed by atoms with van der Waals surface area (Å²) in [5, 5.41) is 4.25. The van der Waals surface area contributed by atoms with E-state index in [9.17, 15) is 0 Å². The Balaban J connectivity index is 1.27. The van der Waals surface area contributed by atoms with Crippen LogP contribution in [0.4, 0.5) is 5.95 Å². The minimum absolute atomic E-state index is 0.431. The van der Waals surface area contributed by atoms with E-state index in [2.05, 4.69) is 35.0 Å². The van der Waals surface area contributed by atoms with E-state index in [-0.39, 0.29) is 0 Å². The quantitative estimate of drug-likeness (QED) is 0.484. The van der Waals surface area contributed by atoms with Crippen molar-refractivity contribution >= 4 is 16.9 Å². The summed E-state index contributed by atoms with van der Waals surface area (Å²) >= 11 is 0. The van der Waals surface area contributed by atoms with Gasteiger partial charge in [-0.3, -0.25) is 0 Å². The monoisotopic (exact) mass is 481 g/mol. The largest absolute Gasteiger partial charge is 0.493 e. The smallest absolute Gasteiger partial charge is 0.223 e. The van der Waals surface area contributed by atoms with Crippen molar-refractivity contribution in [2.75, 3.05) is 52.3 Å². The average Bonchev–Trinajstić information content (AvgIpc) is 3.63. The van der Waals surface area contributed by atoms with Gasteiger partial charge < -0.3 is 24.6 Å². The Labute approximate surface area is 210 Å². The van der Waals surface area contributed by atoms with Gasteiger partial charge in [0.05, 0.1) is 24.9 Å². The Morgan fingerprint density at radius 2 is 1.83 bits per heavy atom. The average molecular weight is 482 g/mol. The highest BCUT2D eigenvalue weighted by molar-refractivity contribution is 5.86. The van der Waals surface area contributed by atoms with Crippen molar-refractivity contribution in [2.45, 2.75) is 76.8 Å². The molecule has 1 aromatic carbocycles. The molecule has 7 nitrogen and oxygen atoms in total. The van der Waals surface area contributed by atoms with Crippen LogP contribution in [0.15, 0.2) is 12.1 Å². The molecule has 1 aromatic heterocycles. The van der Waals surface area contributed by atoms with Crippen molar-refractivity contribution in [3.63, 3.8) is 0 Å². The molecule has 2 aromatic rings. The van der Waals surface area contributed by atoms with Gasteiger partial charge >= 0.3 is 0 Å². The number of fused-ring (bicyclic) bond motifs is 1. The molecule has 1 atom stereocenters. The van der Waals surface area contributed by atoms with Crippen molar-refractivity contribution in [3.8, 4) is 11.5 Å². The number of hydrogen-bond donors (Lipinski definition) is 1. The SMILES string of the molecule is CNc1nc(C2CCN(C(C)C)CC2)c2cc(OC)c(OCCC[C@H]3CCN(C4CC4)C3)cc2n1. The van der Waals surface area contributed by atoms with Crippen LogP contribution in [-0.2, 0) is 0 Å². The van der Waals surface area contributed by atoms with Gasteiger partial charge in [0.15, 0.2) is 11.5 Å². The fraction of sp³-hybridized carbons (Fsp3) is 0.714. The van der Waals surface area contributed by atoms with Crippen LogP contribution < -0.4 is 14.8 Å². The minimum Gasteiger partial charge on any atom is -0.493 e. The zero-order chi connectivity index (χ0) is 24.4. The van der Waals surface area contributed by atoms with Gasteiger partial charge in [0.2, 0.25) is 5.95 Å². The summed E-state index contributed by atoms with van der Waals surface area (Å²) in [5.74, 6) is 3.50. The lowest BCUT2D eigenvalue weighted by Crippen LogP contribution is -2.38. The van der Waals surface area contributed by atoms with E-state index in [4.69, 9.17) is 19.4 Å². The zero-order valence-corrected chi connectivity index (χ0v) is 22.1. The van der Waals surface area contributed by atoms with Crippen LogP contribution in [0.1, 0.15) is 70.4 Å². The van der Waals surface area contributed by atoms with Gasteiger partial charge in [-0.15, -0.1) is 0 Å². The molecule has 1 aliphatic carbocycles. The maximum atomic E-state index is 6.26. The number of methoxy groups -OCH3 is 1. The molecule has 7 heteroatoms. The van der Waals surface area contributed by atoms with E-state index in [0.717, 1.165) is 72.4 Å². The first-order chi connectivity index (χ1) is 17.1. The van der Waals surface area contributed by atoms with Crippen LogP contribution in [0, 0.1) is 5.92 Å². The molecule has 3 heterocycles. The maximum absolute atomic E-state index is 6.26. The lowest BCUT2D eigenvalue weighted by molar-refractivity contribution is 0.171. The van der Waals surface area contributed by atoms with Crippen LogP contribution >= 0.6 is 0 Å². The van der Waals surface area contributed by atoms with Crippen LogP contribution in [-0.4, -0.2) is 78.8 Å². The van der Waals surface area contributed by atoms with Gasteiger partial charge in [-0.05, 0) is 90.4 Å². The standard InChI is InChI=1S/C28H43N5O2/c1-19(2)32-13-10-21(11-14-32)27-23-16-25(34-4)26(17-24(23)30-28(29-3)31-27)35-15-5-6-20-9-12-33(18-20)22-7-8-22/h16-17,19-22H,5-15,18H2,1-4H3,(H,29,30,31)/t20-/m0/s1. The number of ether oxygens (including phenoxy) is 2. The molecule has 1 N–H and O–H groups in total. The molecule has 0 spiro atoms. The normalized spacial score (nSPS) is 22.3. The lowest BCUT2D eigenvalue weighted by Gasteiger charge is -2.34. The third-order valence-corrected chi connectivity index (χ3v) is 8.28. The molecule has 1 saturated carbocycles. The zero-order valence-electron chi connectivity index (χ0n) is 22.1. The van der Waals surface area contributed by atoms with Crippen molar-refractivity contribution in [1.82, 2.24) is 19.8 Å². The predicted octanol–water partition coefficient (Wildman–Crippen LogP) is 4.91. The fourth-order valence-corrected chi connectivity index (χ4v) is 5.97. The Morgan fingerprint density at radius 3 is 2.51 bits per heavy atom. The van der Waals surface area contributed by atoms with Crippen molar-refractivity contribution < 1.29 is 9.47 Å². The number of hydrogen-bond acceptors (Lipinski definition) is 7. The van der Waals surface area contributed by atoms with E-state index < -0.39 is 0 Å². The highest BCUT2D eigenvalue weighted by atomic mass is 16.5. The highest BCUT2D eigenvalue weighted by Gasteiger charge is 2.34. The number of benzene rings is 1. The third kappa shape index (κ3) is 5.67. The van der Waals surface area contributed by atoms with E-state index in [1.807, 2.05) is 13.1 Å². The fourth-order valence-electron chi connectivity index (χ4n) is 5.97. The molecular weight excluding hydrogens is 438 g/mol.